The van der Waals surface area contributed by atoms with Crippen LogP contribution >= 0.6 is 11.3 Å². The second kappa shape index (κ2) is 13.4. The molecule has 2 aliphatic rings. The summed E-state index contributed by atoms with van der Waals surface area (Å²) in [6.07, 6.45) is 12.7. The molecule has 2 heterocycles. The molecule has 7 nitrogen and oxygen atoms in total. The number of rotatable bonds is 12. The third-order valence-electron chi connectivity index (χ3n) is 7.08. The first-order valence-electron chi connectivity index (χ1n) is 12.9. The number of methoxy groups -OCH3 is 1. The molecule has 1 aliphatic carbocycles. The molecule has 2 fully saturated rings. The van der Waals surface area contributed by atoms with Crippen LogP contribution < -0.4 is 10.5 Å². The SMILES string of the molecule is COCCCCCCOC1CCC(N2CCC(Oc3ccc(-c4nnc(N)s4)cc3)CC2)CC1. The summed E-state index contributed by atoms with van der Waals surface area (Å²) >= 11 is 1.40. The lowest BCUT2D eigenvalue weighted by Gasteiger charge is -2.40. The summed E-state index contributed by atoms with van der Waals surface area (Å²) in [6, 6.07) is 8.84. The lowest BCUT2D eigenvalue weighted by atomic mass is 9.90. The summed E-state index contributed by atoms with van der Waals surface area (Å²) in [5.41, 5.74) is 6.72. The molecule has 0 radical (unpaired) electrons. The fourth-order valence-corrected chi connectivity index (χ4v) is 5.72. The summed E-state index contributed by atoms with van der Waals surface area (Å²) < 4.78 is 17.5. The lowest BCUT2D eigenvalue weighted by molar-refractivity contribution is -0.00422. The predicted molar refractivity (Wildman–Crippen MR) is 137 cm³/mol. The normalized spacial score (nSPS) is 22.1. The second-order valence-electron chi connectivity index (χ2n) is 9.53. The molecule has 2 N–H and O–H groups in total. The van der Waals surface area contributed by atoms with E-state index in [2.05, 4.69) is 15.1 Å². The van der Waals surface area contributed by atoms with Crippen molar-refractivity contribution < 1.29 is 14.2 Å². The molecule has 34 heavy (non-hydrogen) atoms. The van der Waals surface area contributed by atoms with Gasteiger partial charge in [0, 0.05) is 45.0 Å². The Labute approximate surface area is 208 Å². The summed E-state index contributed by atoms with van der Waals surface area (Å²) in [6.45, 7) is 4.05. The van der Waals surface area contributed by atoms with Crippen molar-refractivity contribution >= 4 is 16.5 Å². The Morgan fingerprint density at radius 2 is 1.59 bits per heavy atom. The molecule has 188 valence electrons. The number of hydrogen-bond donors (Lipinski definition) is 1. The molecule has 0 spiro atoms. The largest absolute Gasteiger partial charge is 0.490 e. The van der Waals surface area contributed by atoms with E-state index in [-0.39, 0.29) is 0 Å². The first kappa shape index (κ1) is 25.4. The van der Waals surface area contributed by atoms with Gasteiger partial charge in [0.2, 0.25) is 5.13 Å². The molecule has 1 aliphatic heterocycles. The van der Waals surface area contributed by atoms with E-state index in [0.29, 0.717) is 23.4 Å². The molecular formula is C26H40N4O3S. The van der Waals surface area contributed by atoms with Gasteiger partial charge < -0.3 is 24.8 Å². The van der Waals surface area contributed by atoms with Crippen LogP contribution in [0.15, 0.2) is 24.3 Å². The van der Waals surface area contributed by atoms with Crippen molar-refractivity contribution in [3.63, 3.8) is 0 Å². The van der Waals surface area contributed by atoms with Gasteiger partial charge in [-0.2, -0.15) is 0 Å². The van der Waals surface area contributed by atoms with E-state index in [4.69, 9.17) is 19.9 Å². The summed E-state index contributed by atoms with van der Waals surface area (Å²) in [5, 5.41) is 9.33. The zero-order valence-corrected chi connectivity index (χ0v) is 21.3. The molecule has 1 saturated carbocycles. The van der Waals surface area contributed by atoms with Crippen LogP contribution in [0.2, 0.25) is 0 Å². The number of hydrogen-bond acceptors (Lipinski definition) is 8. The number of nitrogens with two attached hydrogens (primary N) is 1. The topological polar surface area (TPSA) is 82.7 Å². The smallest absolute Gasteiger partial charge is 0.203 e. The number of likely N-dealkylation sites (tertiary alicyclic amines) is 1. The van der Waals surface area contributed by atoms with Crippen LogP contribution in [0.25, 0.3) is 10.6 Å². The van der Waals surface area contributed by atoms with E-state index in [9.17, 15) is 0 Å². The summed E-state index contributed by atoms with van der Waals surface area (Å²) in [7, 11) is 1.77. The van der Waals surface area contributed by atoms with Gasteiger partial charge in [0.1, 0.15) is 16.9 Å². The van der Waals surface area contributed by atoms with Crippen molar-refractivity contribution in [2.45, 2.75) is 82.5 Å². The highest BCUT2D eigenvalue weighted by Crippen LogP contribution is 2.30. The first-order valence-corrected chi connectivity index (χ1v) is 13.7. The van der Waals surface area contributed by atoms with Crippen LogP contribution in [0.1, 0.15) is 64.2 Å². The van der Waals surface area contributed by atoms with Gasteiger partial charge in [-0.3, -0.25) is 0 Å². The van der Waals surface area contributed by atoms with Crippen molar-refractivity contribution in [3.05, 3.63) is 24.3 Å². The van der Waals surface area contributed by atoms with Crippen LogP contribution in [0.3, 0.4) is 0 Å². The number of ether oxygens (including phenoxy) is 3. The number of unbranched alkanes of at least 4 members (excludes halogenated alkanes) is 3. The van der Waals surface area contributed by atoms with Gasteiger partial charge in [-0.1, -0.05) is 24.2 Å². The molecule has 1 aromatic carbocycles. The van der Waals surface area contributed by atoms with Crippen molar-refractivity contribution in [1.82, 2.24) is 15.1 Å². The van der Waals surface area contributed by atoms with Gasteiger partial charge in [-0.05, 0) is 75.6 Å². The van der Waals surface area contributed by atoms with E-state index in [0.717, 1.165) is 61.9 Å². The molecule has 1 aromatic heterocycles. The van der Waals surface area contributed by atoms with Crippen molar-refractivity contribution in [1.29, 1.82) is 0 Å². The third-order valence-corrected chi connectivity index (χ3v) is 7.88. The number of benzene rings is 1. The van der Waals surface area contributed by atoms with Crippen LogP contribution in [-0.2, 0) is 9.47 Å². The highest BCUT2D eigenvalue weighted by Gasteiger charge is 2.29. The van der Waals surface area contributed by atoms with E-state index in [1.165, 1.54) is 56.3 Å². The van der Waals surface area contributed by atoms with E-state index in [1.807, 2.05) is 24.3 Å². The Bertz CT molecular complexity index is 831. The van der Waals surface area contributed by atoms with E-state index in [1.54, 1.807) is 7.11 Å². The second-order valence-corrected chi connectivity index (χ2v) is 10.5. The minimum Gasteiger partial charge on any atom is -0.490 e. The number of nitrogens with zero attached hydrogens (tertiary/aromatic N) is 3. The fourth-order valence-electron chi connectivity index (χ4n) is 5.11. The molecular weight excluding hydrogens is 448 g/mol. The number of piperidine rings is 1. The zero-order chi connectivity index (χ0) is 23.6. The third kappa shape index (κ3) is 7.63. The van der Waals surface area contributed by atoms with Crippen LogP contribution in [-0.4, -0.2) is 66.8 Å². The van der Waals surface area contributed by atoms with Gasteiger partial charge in [0.05, 0.1) is 6.10 Å². The average Bonchev–Trinajstić information content (AvgIpc) is 3.31. The molecule has 0 unspecified atom stereocenters. The van der Waals surface area contributed by atoms with Gasteiger partial charge in [0.25, 0.3) is 0 Å². The van der Waals surface area contributed by atoms with Crippen molar-refractivity contribution in [3.8, 4) is 16.3 Å². The Kier molecular flexibility index (Phi) is 9.98. The van der Waals surface area contributed by atoms with Gasteiger partial charge in [0.15, 0.2) is 0 Å². The molecule has 4 rings (SSSR count). The molecule has 0 atom stereocenters. The molecule has 1 saturated heterocycles. The fraction of sp³-hybridized carbons (Fsp3) is 0.692. The van der Waals surface area contributed by atoms with Gasteiger partial charge in [-0.25, -0.2) is 0 Å². The Morgan fingerprint density at radius 3 is 2.24 bits per heavy atom. The minimum atomic E-state index is 0.294. The maximum absolute atomic E-state index is 6.28. The van der Waals surface area contributed by atoms with Gasteiger partial charge >= 0.3 is 0 Å². The molecule has 0 bridgehead atoms. The zero-order valence-electron chi connectivity index (χ0n) is 20.5. The maximum Gasteiger partial charge on any atom is 0.203 e. The monoisotopic (exact) mass is 488 g/mol. The quantitative estimate of drug-likeness (QED) is 0.413. The summed E-state index contributed by atoms with van der Waals surface area (Å²) in [4.78, 5) is 2.69. The van der Waals surface area contributed by atoms with Crippen LogP contribution in [0, 0.1) is 0 Å². The standard InChI is InChI=1S/C26H40N4O3S/c1-31-18-4-2-3-5-19-32-22-12-8-21(9-13-22)30-16-14-24(15-17-30)33-23-10-6-20(7-11-23)25-28-29-26(27)34-25/h6-7,10-11,21-22,24H,2-5,8-9,12-19H2,1H3,(H2,27,29). The van der Waals surface area contributed by atoms with Gasteiger partial charge in [-0.15, -0.1) is 10.2 Å². The Hall–Kier alpha value is -1.74. The Balaban J connectivity index is 1.10. The Morgan fingerprint density at radius 1 is 0.882 bits per heavy atom. The average molecular weight is 489 g/mol. The highest BCUT2D eigenvalue weighted by molar-refractivity contribution is 7.18. The first-order chi connectivity index (χ1) is 16.7. The lowest BCUT2D eigenvalue weighted by Crippen LogP contribution is -2.46. The number of anilines is 1. The highest BCUT2D eigenvalue weighted by atomic mass is 32.1. The predicted octanol–water partition coefficient (Wildman–Crippen LogP) is 5.17. The van der Waals surface area contributed by atoms with E-state index >= 15 is 0 Å². The van der Waals surface area contributed by atoms with Crippen molar-refractivity contribution in [2.24, 2.45) is 0 Å². The minimum absolute atomic E-state index is 0.294. The molecule has 2 aromatic rings. The van der Waals surface area contributed by atoms with Crippen LogP contribution in [0.5, 0.6) is 5.75 Å². The maximum atomic E-state index is 6.28. The molecule has 8 heteroatoms. The van der Waals surface area contributed by atoms with Crippen LogP contribution in [0.4, 0.5) is 5.13 Å². The van der Waals surface area contributed by atoms with Crippen molar-refractivity contribution in [2.75, 3.05) is 39.1 Å². The van der Waals surface area contributed by atoms with E-state index < -0.39 is 0 Å². The number of aromatic nitrogens is 2. The summed E-state index contributed by atoms with van der Waals surface area (Å²) in [5.74, 6) is 0.927. The number of nitrogen functional groups attached to an aromatic ring is 1. The molecule has 0 amide bonds.